The van der Waals surface area contributed by atoms with Gasteiger partial charge in [0.05, 0.1) is 30.1 Å². The number of ether oxygens (including phenoxy) is 1. The summed E-state index contributed by atoms with van der Waals surface area (Å²) >= 11 is 0. The van der Waals surface area contributed by atoms with Crippen LogP contribution in [0.15, 0.2) is 47.4 Å². The van der Waals surface area contributed by atoms with E-state index in [4.69, 9.17) is 4.74 Å². The summed E-state index contributed by atoms with van der Waals surface area (Å²) in [4.78, 5) is 29.2. The summed E-state index contributed by atoms with van der Waals surface area (Å²) in [5.74, 6) is -0.609. The number of morpholine rings is 1. The summed E-state index contributed by atoms with van der Waals surface area (Å²) in [5, 5.41) is 0. The molecule has 0 aliphatic carbocycles. The van der Waals surface area contributed by atoms with Crippen molar-refractivity contribution in [2.75, 3.05) is 68.9 Å². The molecule has 0 bridgehead atoms. The van der Waals surface area contributed by atoms with Crippen LogP contribution in [0.1, 0.15) is 15.9 Å². The van der Waals surface area contributed by atoms with Gasteiger partial charge < -0.3 is 14.5 Å². The minimum atomic E-state index is -3.82. The zero-order valence-electron chi connectivity index (χ0n) is 21.0. The monoisotopic (exact) mass is 550 g/mol. The zero-order valence-corrected chi connectivity index (χ0v) is 22.6. The molecule has 2 aliphatic rings. The van der Waals surface area contributed by atoms with Crippen LogP contribution in [0.4, 0.5) is 11.4 Å². The predicted molar refractivity (Wildman–Crippen MR) is 139 cm³/mol. The third-order valence-corrected chi connectivity index (χ3v) is 9.36. The van der Waals surface area contributed by atoms with Gasteiger partial charge in [-0.25, -0.2) is 21.1 Å². The van der Waals surface area contributed by atoms with E-state index in [9.17, 15) is 26.4 Å². The molecule has 11 nitrogen and oxygen atoms in total. The van der Waals surface area contributed by atoms with Gasteiger partial charge in [0.1, 0.15) is 6.54 Å². The number of hydrogen-bond donors (Lipinski definition) is 0. The molecule has 13 heteroatoms. The smallest absolute Gasteiger partial charge is 0.254 e. The summed E-state index contributed by atoms with van der Waals surface area (Å²) in [5.41, 5.74) is 1.94. The van der Waals surface area contributed by atoms with Crippen molar-refractivity contribution in [2.45, 2.75) is 11.3 Å². The fourth-order valence-electron chi connectivity index (χ4n) is 4.34. The van der Waals surface area contributed by atoms with Gasteiger partial charge in [-0.2, -0.15) is 0 Å². The van der Waals surface area contributed by atoms with Crippen molar-refractivity contribution < 1.29 is 31.2 Å². The molecule has 0 atom stereocenters. The largest absolute Gasteiger partial charge is 0.378 e. The second-order valence-corrected chi connectivity index (χ2v) is 13.2. The molecule has 0 saturated carbocycles. The van der Waals surface area contributed by atoms with E-state index in [0.717, 1.165) is 14.9 Å². The summed E-state index contributed by atoms with van der Waals surface area (Å²) in [6.07, 6.45) is 1.47. The summed E-state index contributed by atoms with van der Waals surface area (Å²) in [6, 6.07) is 10.7. The molecular weight excluding hydrogens is 520 g/mol. The highest BCUT2D eigenvalue weighted by atomic mass is 32.2. The van der Waals surface area contributed by atoms with Gasteiger partial charge >= 0.3 is 0 Å². The fraction of sp³-hybridized carbons (Fsp3) is 0.417. The molecule has 2 aliphatic heterocycles. The average Bonchev–Trinajstić information content (AvgIpc) is 3.30. The molecule has 1 fully saturated rings. The van der Waals surface area contributed by atoms with Crippen LogP contribution < -0.4 is 9.21 Å². The molecule has 2 amide bonds. The van der Waals surface area contributed by atoms with Crippen molar-refractivity contribution >= 4 is 43.2 Å². The number of benzene rings is 2. The van der Waals surface area contributed by atoms with Gasteiger partial charge in [0.15, 0.2) is 0 Å². The summed E-state index contributed by atoms with van der Waals surface area (Å²) < 4.78 is 57.5. The van der Waals surface area contributed by atoms with Crippen LogP contribution in [0.3, 0.4) is 0 Å². The molecule has 37 heavy (non-hydrogen) atoms. The molecule has 0 unspecified atom stereocenters. The Bertz CT molecular complexity index is 1400. The van der Waals surface area contributed by atoms with Crippen molar-refractivity contribution in [1.29, 1.82) is 0 Å². The molecule has 1 saturated heterocycles. The molecule has 4 rings (SSSR count). The van der Waals surface area contributed by atoms with Gasteiger partial charge in [0.25, 0.3) is 5.91 Å². The van der Waals surface area contributed by atoms with E-state index in [1.807, 2.05) is 0 Å². The Kier molecular flexibility index (Phi) is 7.60. The maximum Gasteiger partial charge on any atom is 0.254 e. The van der Waals surface area contributed by atoms with Crippen LogP contribution in [-0.4, -0.2) is 97.6 Å². The lowest BCUT2D eigenvalue weighted by Crippen LogP contribution is -2.42. The summed E-state index contributed by atoms with van der Waals surface area (Å²) in [6.45, 7) is 1.80. The molecule has 2 aromatic carbocycles. The molecule has 2 heterocycles. The van der Waals surface area contributed by atoms with E-state index < -0.39 is 32.5 Å². The molecular formula is C24H30N4O7S2. The minimum absolute atomic E-state index is 0.134. The Hall–Kier alpha value is -3.00. The van der Waals surface area contributed by atoms with Crippen LogP contribution in [0, 0.1) is 0 Å². The summed E-state index contributed by atoms with van der Waals surface area (Å²) in [7, 11) is -4.54. The topological polar surface area (TPSA) is 125 Å². The number of carbonyl (C=O) groups is 2. The fourth-order valence-corrected chi connectivity index (χ4v) is 6.14. The van der Waals surface area contributed by atoms with Crippen molar-refractivity contribution in [3.8, 4) is 0 Å². The molecule has 0 aromatic heterocycles. The number of nitrogens with zero attached hydrogens (tertiary/aromatic N) is 4. The number of anilines is 2. The quantitative estimate of drug-likeness (QED) is 0.499. The van der Waals surface area contributed by atoms with Crippen LogP contribution in [0.5, 0.6) is 0 Å². The Morgan fingerprint density at radius 1 is 0.946 bits per heavy atom. The maximum atomic E-state index is 13.2. The van der Waals surface area contributed by atoms with Gasteiger partial charge in [0, 0.05) is 45.0 Å². The van der Waals surface area contributed by atoms with Crippen LogP contribution in [0.2, 0.25) is 0 Å². The average molecular weight is 551 g/mol. The van der Waals surface area contributed by atoms with Gasteiger partial charge in [-0.15, -0.1) is 0 Å². The molecule has 2 aromatic rings. The van der Waals surface area contributed by atoms with E-state index in [1.54, 1.807) is 29.2 Å². The first-order chi connectivity index (χ1) is 17.4. The number of hydrogen-bond acceptors (Lipinski definition) is 7. The highest BCUT2D eigenvalue weighted by molar-refractivity contribution is 7.92. The van der Waals surface area contributed by atoms with Crippen LogP contribution in [0.25, 0.3) is 0 Å². The Balaban J connectivity index is 1.53. The standard InChI is InChI=1S/C24H30N4O7S2/c1-25(2)37(33,34)21-8-9-22-19(16-21)10-11-27(22)23(29)17-28(36(3,31)32)20-6-4-18(5-7-20)24(30)26-12-14-35-15-13-26/h4-9,16H,10-15,17H2,1-3H3. The van der Waals surface area contributed by atoms with E-state index in [-0.39, 0.29) is 16.5 Å². The normalized spacial score (nSPS) is 16.1. The first kappa shape index (κ1) is 27.0. The van der Waals surface area contributed by atoms with Crippen molar-refractivity contribution in [3.05, 3.63) is 53.6 Å². The minimum Gasteiger partial charge on any atom is -0.378 e. The highest BCUT2D eigenvalue weighted by Crippen LogP contribution is 2.31. The number of rotatable bonds is 7. The van der Waals surface area contributed by atoms with E-state index in [2.05, 4.69) is 0 Å². The van der Waals surface area contributed by atoms with Crippen molar-refractivity contribution in [3.63, 3.8) is 0 Å². The number of amides is 2. The van der Waals surface area contributed by atoms with Gasteiger partial charge in [0.2, 0.25) is 26.0 Å². The number of carbonyl (C=O) groups excluding carboxylic acids is 2. The maximum absolute atomic E-state index is 13.2. The molecule has 200 valence electrons. The third-order valence-electron chi connectivity index (χ3n) is 6.41. The Morgan fingerprint density at radius 3 is 2.19 bits per heavy atom. The molecule has 0 spiro atoms. The predicted octanol–water partition coefficient (Wildman–Crippen LogP) is 0.765. The van der Waals surface area contributed by atoms with Crippen molar-refractivity contribution in [2.24, 2.45) is 0 Å². The molecule has 0 N–H and O–H groups in total. The van der Waals surface area contributed by atoms with Crippen molar-refractivity contribution in [1.82, 2.24) is 9.21 Å². The van der Waals surface area contributed by atoms with E-state index >= 15 is 0 Å². The first-order valence-electron chi connectivity index (χ1n) is 11.7. The van der Waals surface area contributed by atoms with Crippen LogP contribution in [-0.2, 0) is 36.0 Å². The van der Waals surface area contributed by atoms with Gasteiger partial charge in [-0.1, -0.05) is 0 Å². The van der Waals surface area contributed by atoms with Gasteiger partial charge in [-0.05, 0) is 54.4 Å². The van der Waals surface area contributed by atoms with Crippen LogP contribution >= 0.6 is 0 Å². The first-order valence-corrected chi connectivity index (χ1v) is 15.0. The van der Waals surface area contributed by atoms with E-state index in [1.165, 1.54) is 37.2 Å². The lowest BCUT2D eigenvalue weighted by molar-refractivity contribution is -0.117. The molecule has 0 radical (unpaired) electrons. The number of fused-ring (bicyclic) bond motifs is 1. The Morgan fingerprint density at radius 2 is 1.59 bits per heavy atom. The third kappa shape index (κ3) is 5.64. The Labute approximate surface area is 217 Å². The second-order valence-electron chi connectivity index (χ2n) is 9.09. The lowest BCUT2D eigenvalue weighted by atomic mass is 10.1. The van der Waals surface area contributed by atoms with Gasteiger partial charge in [-0.3, -0.25) is 13.9 Å². The SMILES string of the molecule is CN(C)S(=O)(=O)c1ccc2c(c1)CCN2C(=O)CN(c1ccc(C(=O)N2CCOCC2)cc1)S(C)(=O)=O. The second kappa shape index (κ2) is 10.4. The number of sulfonamides is 2. The zero-order chi connectivity index (χ0) is 27.0. The highest BCUT2D eigenvalue weighted by Gasteiger charge is 2.30. The van der Waals surface area contributed by atoms with E-state index in [0.29, 0.717) is 56.1 Å². The lowest BCUT2D eigenvalue weighted by Gasteiger charge is -2.27.